The average molecular weight is 446 g/mol. The number of carbonyl (C=O) groups is 1. The van der Waals surface area contributed by atoms with Crippen molar-refractivity contribution in [3.63, 3.8) is 0 Å². The predicted molar refractivity (Wildman–Crippen MR) is 115 cm³/mol. The van der Waals surface area contributed by atoms with Crippen LogP contribution < -0.4 is 5.32 Å². The van der Waals surface area contributed by atoms with Crippen molar-refractivity contribution < 1.29 is 13.2 Å². The number of sulfonamides is 1. The third kappa shape index (κ3) is 5.01. The number of nitriles is 1. The molecule has 8 heteroatoms. The van der Waals surface area contributed by atoms with E-state index in [1.807, 2.05) is 25.1 Å². The van der Waals surface area contributed by atoms with Gasteiger partial charge in [0.25, 0.3) is 0 Å². The van der Waals surface area contributed by atoms with Gasteiger partial charge in [-0.15, -0.1) is 0 Å². The fraction of sp³-hybridized carbons (Fsp3) is 0.364. The summed E-state index contributed by atoms with van der Waals surface area (Å²) in [6, 6.07) is 15.2. The van der Waals surface area contributed by atoms with Crippen LogP contribution in [-0.4, -0.2) is 31.7 Å². The maximum Gasteiger partial charge on any atom is 0.243 e. The van der Waals surface area contributed by atoms with Crippen LogP contribution in [0, 0.1) is 17.2 Å². The van der Waals surface area contributed by atoms with E-state index in [1.54, 1.807) is 12.1 Å². The summed E-state index contributed by atoms with van der Waals surface area (Å²) >= 11 is 5.94. The first kappa shape index (κ1) is 22.3. The molecule has 1 aliphatic rings. The van der Waals surface area contributed by atoms with E-state index in [2.05, 4.69) is 5.32 Å². The van der Waals surface area contributed by atoms with Crippen molar-refractivity contribution in [1.82, 2.24) is 9.62 Å². The highest BCUT2D eigenvalue weighted by Gasteiger charge is 2.32. The maximum atomic E-state index is 12.8. The number of amides is 1. The van der Waals surface area contributed by atoms with E-state index in [-0.39, 0.29) is 35.9 Å². The maximum absolute atomic E-state index is 12.8. The van der Waals surface area contributed by atoms with Gasteiger partial charge in [-0.25, -0.2) is 8.42 Å². The zero-order chi connectivity index (χ0) is 21.7. The van der Waals surface area contributed by atoms with Crippen LogP contribution in [0.4, 0.5) is 0 Å². The molecule has 0 saturated carbocycles. The van der Waals surface area contributed by atoms with Gasteiger partial charge in [0.2, 0.25) is 15.9 Å². The van der Waals surface area contributed by atoms with Gasteiger partial charge < -0.3 is 5.32 Å². The summed E-state index contributed by atoms with van der Waals surface area (Å²) in [5.41, 5.74) is 1.41. The Hall–Kier alpha value is -2.40. The highest BCUT2D eigenvalue weighted by atomic mass is 35.5. The van der Waals surface area contributed by atoms with Gasteiger partial charge in [0, 0.05) is 24.0 Å². The van der Waals surface area contributed by atoms with Gasteiger partial charge in [-0.3, -0.25) is 4.79 Å². The molecule has 0 bridgehead atoms. The molecule has 1 fully saturated rings. The van der Waals surface area contributed by atoms with Crippen LogP contribution in [0.1, 0.15) is 43.4 Å². The van der Waals surface area contributed by atoms with Crippen molar-refractivity contribution in [2.45, 2.75) is 37.1 Å². The lowest BCUT2D eigenvalue weighted by Crippen LogP contribution is -2.43. The molecule has 1 unspecified atom stereocenters. The van der Waals surface area contributed by atoms with Crippen molar-refractivity contribution in [2.24, 2.45) is 5.92 Å². The normalized spacial score (nSPS) is 16.6. The summed E-state index contributed by atoms with van der Waals surface area (Å²) in [6.07, 6.45) is 1.69. The van der Waals surface area contributed by atoms with E-state index >= 15 is 0 Å². The smallest absolute Gasteiger partial charge is 0.243 e. The number of nitrogens with zero attached hydrogens (tertiary/aromatic N) is 2. The highest BCUT2D eigenvalue weighted by Crippen LogP contribution is 2.26. The van der Waals surface area contributed by atoms with E-state index in [0.29, 0.717) is 23.4 Å². The molecule has 1 heterocycles. The molecular formula is C22H24ClN3O3S. The molecule has 0 aromatic heterocycles. The summed E-state index contributed by atoms with van der Waals surface area (Å²) in [6.45, 7) is 2.59. The standard InChI is InChI=1S/C22H24ClN3O3S/c1-2-21(17-5-7-19(23)8-6-17)25-22(27)18-11-13-26(14-12-18)30(28,29)20-9-3-16(15-24)4-10-20/h3-10,18,21H,2,11-14H2,1H3,(H,25,27). The summed E-state index contributed by atoms with van der Waals surface area (Å²) in [7, 11) is -3.63. The lowest BCUT2D eigenvalue weighted by atomic mass is 9.96. The number of carbonyl (C=O) groups excluding carboxylic acids is 1. The molecule has 30 heavy (non-hydrogen) atoms. The number of hydrogen-bond donors (Lipinski definition) is 1. The summed E-state index contributed by atoms with van der Waals surface area (Å²) < 4.78 is 27.1. The zero-order valence-corrected chi connectivity index (χ0v) is 18.3. The van der Waals surface area contributed by atoms with Crippen molar-refractivity contribution in [1.29, 1.82) is 5.26 Å². The molecule has 6 nitrogen and oxygen atoms in total. The minimum atomic E-state index is -3.63. The van der Waals surface area contributed by atoms with E-state index in [1.165, 1.54) is 28.6 Å². The molecule has 0 spiro atoms. The Balaban J connectivity index is 1.60. The molecule has 3 rings (SSSR count). The van der Waals surface area contributed by atoms with Crippen LogP contribution in [-0.2, 0) is 14.8 Å². The van der Waals surface area contributed by atoms with Crippen LogP contribution in [0.15, 0.2) is 53.4 Å². The number of nitrogens with one attached hydrogen (secondary N) is 1. The molecule has 158 valence electrons. The van der Waals surface area contributed by atoms with Gasteiger partial charge in [-0.05, 0) is 61.2 Å². The molecule has 1 saturated heterocycles. The fourth-order valence-corrected chi connectivity index (χ4v) is 5.21. The Morgan fingerprint density at radius 1 is 1.17 bits per heavy atom. The molecule has 2 aromatic rings. The molecule has 0 radical (unpaired) electrons. The lowest BCUT2D eigenvalue weighted by Gasteiger charge is -2.31. The molecule has 1 aliphatic heterocycles. The van der Waals surface area contributed by atoms with Crippen molar-refractivity contribution >= 4 is 27.5 Å². The first-order valence-electron chi connectivity index (χ1n) is 9.91. The van der Waals surface area contributed by atoms with E-state index < -0.39 is 10.0 Å². The first-order valence-corrected chi connectivity index (χ1v) is 11.7. The Kier molecular flexibility index (Phi) is 7.14. The fourth-order valence-electron chi connectivity index (χ4n) is 3.61. The van der Waals surface area contributed by atoms with Gasteiger partial charge in [-0.1, -0.05) is 30.7 Å². The predicted octanol–water partition coefficient (Wildman–Crippen LogP) is 3.88. The molecule has 1 amide bonds. The van der Waals surface area contributed by atoms with Crippen LogP contribution in [0.2, 0.25) is 5.02 Å². The molecule has 2 aromatic carbocycles. The number of benzene rings is 2. The third-order valence-corrected chi connectivity index (χ3v) is 7.61. The van der Waals surface area contributed by atoms with E-state index in [9.17, 15) is 13.2 Å². The molecular weight excluding hydrogens is 422 g/mol. The molecule has 0 aliphatic carbocycles. The summed E-state index contributed by atoms with van der Waals surface area (Å²) in [5.74, 6) is -0.272. The monoisotopic (exact) mass is 445 g/mol. The Bertz CT molecular complexity index is 1020. The van der Waals surface area contributed by atoms with Crippen LogP contribution in [0.5, 0.6) is 0 Å². The first-order chi connectivity index (χ1) is 14.3. The minimum Gasteiger partial charge on any atom is -0.349 e. The second kappa shape index (κ2) is 9.61. The lowest BCUT2D eigenvalue weighted by molar-refractivity contribution is -0.126. The third-order valence-electron chi connectivity index (χ3n) is 5.44. The van der Waals surface area contributed by atoms with E-state index in [4.69, 9.17) is 16.9 Å². The number of halogens is 1. The number of rotatable bonds is 6. The van der Waals surface area contributed by atoms with Crippen molar-refractivity contribution in [3.8, 4) is 6.07 Å². The Morgan fingerprint density at radius 2 is 1.77 bits per heavy atom. The van der Waals surface area contributed by atoms with Crippen LogP contribution >= 0.6 is 11.6 Å². The topological polar surface area (TPSA) is 90.3 Å². The van der Waals surface area contributed by atoms with E-state index in [0.717, 1.165) is 12.0 Å². The second-order valence-electron chi connectivity index (χ2n) is 7.34. The van der Waals surface area contributed by atoms with Crippen molar-refractivity contribution in [3.05, 3.63) is 64.7 Å². The quantitative estimate of drug-likeness (QED) is 0.730. The zero-order valence-electron chi connectivity index (χ0n) is 16.7. The van der Waals surface area contributed by atoms with Gasteiger partial charge in [0.15, 0.2) is 0 Å². The van der Waals surface area contributed by atoms with Gasteiger partial charge >= 0.3 is 0 Å². The van der Waals surface area contributed by atoms with Gasteiger partial charge in [0.1, 0.15) is 0 Å². The Labute approximate surface area is 182 Å². The Morgan fingerprint density at radius 3 is 2.30 bits per heavy atom. The largest absolute Gasteiger partial charge is 0.349 e. The van der Waals surface area contributed by atoms with Crippen molar-refractivity contribution in [2.75, 3.05) is 13.1 Å². The summed E-state index contributed by atoms with van der Waals surface area (Å²) in [5, 5.41) is 12.6. The average Bonchev–Trinajstić information content (AvgIpc) is 2.78. The molecule has 1 atom stereocenters. The minimum absolute atomic E-state index is 0.0489. The highest BCUT2D eigenvalue weighted by molar-refractivity contribution is 7.89. The number of piperidine rings is 1. The van der Waals surface area contributed by atoms with Crippen LogP contribution in [0.25, 0.3) is 0 Å². The SMILES string of the molecule is CCC(NC(=O)C1CCN(S(=O)(=O)c2ccc(C#N)cc2)CC1)c1ccc(Cl)cc1. The summed E-state index contributed by atoms with van der Waals surface area (Å²) in [4.78, 5) is 12.9. The molecule has 1 N–H and O–H groups in total. The van der Waals surface area contributed by atoms with Gasteiger partial charge in [-0.2, -0.15) is 9.57 Å². The van der Waals surface area contributed by atoms with Crippen LogP contribution in [0.3, 0.4) is 0 Å². The number of hydrogen-bond acceptors (Lipinski definition) is 4. The van der Waals surface area contributed by atoms with Gasteiger partial charge in [0.05, 0.1) is 22.6 Å². The second-order valence-corrected chi connectivity index (χ2v) is 9.71.